The van der Waals surface area contributed by atoms with Crippen molar-refractivity contribution >= 4 is 5.97 Å². The van der Waals surface area contributed by atoms with Crippen molar-refractivity contribution in [3.8, 4) is 0 Å². The molecule has 0 N–H and O–H groups in total. The van der Waals surface area contributed by atoms with Crippen LogP contribution in [0.1, 0.15) is 40.4 Å². The van der Waals surface area contributed by atoms with Crippen LogP contribution >= 0.6 is 0 Å². The van der Waals surface area contributed by atoms with E-state index in [1.54, 1.807) is 24.0 Å². The Morgan fingerprint density at radius 3 is 3.05 bits per heavy atom. The molecule has 4 heteroatoms. The van der Waals surface area contributed by atoms with Gasteiger partial charge in [-0.05, 0) is 42.9 Å². The Kier molecular flexibility index (Phi) is 3.54. The van der Waals surface area contributed by atoms with Crippen molar-refractivity contribution in [3.05, 3.63) is 52.8 Å². The third kappa shape index (κ3) is 2.59. The van der Waals surface area contributed by atoms with Gasteiger partial charge in [0.25, 0.3) is 0 Å². The molecule has 3 rings (SSSR count). The minimum absolute atomic E-state index is 0.312. The average Bonchev–Trinajstić information content (AvgIpc) is 3.07. The minimum Gasteiger partial charge on any atom is -0.462 e. The summed E-state index contributed by atoms with van der Waals surface area (Å²) >= 11 is 0. The second-order valence-electron chi connectivity index (χ2n) is 5.10. The van der Waals surface area contributed by atoms with Crippen molar-refractivity contribution in [1.82, 2.24) is 9.78 Å². The molecule has 1 aromatic carbocycles. The highest BCUT2D eigenvalue weighted by molar-refractivity contribution is 5.88. The van der Waals surface area contributed by atoms with Gasteiger partial charge in [-0.1, -0.05) is 18.2 Å². The standard InChI is InChI=1S/C16H18N2O2/c1-2-20-16(19)15-9-17-18(11-15)10-12-6-7-13-4-3-5-14(13)8-12/h6-9,11H,2-5,10H2,1H3. The summed E-state index contributed by atoms with van der Waals surface area (Å²) in [6, 6.07) is 6.62. The molecule has 1 aliphatic carbocycles. The highest BCUT2D eigenvalue weighted by Crippen LogP contribution is 2.23. The number of esters is 1. The third-order valence-electron chi connectivity index (χ3n) is 3.65. The molecule has 20 heavy (non-hydrogen) atoms. The molecule has 0 fully saturated rings. The first-order chi connectivity index (χ1) is 9.76. The van der Waals surface area contributed by atoms with Crippen LogP contribution in [0.5, 0.6) is 0 Å². The predicted octanol–water partition coefficient (Wildman–Crippen LogP) is 2.60. The molecule has 0 spiro atoms. The van der Waals surface area contributed by atoms with Gasteiger partial charge in [0, 0.05) is 6.20 Å². The van der Waals surface area contributed by atoms with Gasteiger partial charge in [0.2, 0.25) is 0 Å². The zero-order chi connectivity index (χ0) is 13.9. The number of carbonyl (C=O) groups is 1. The number of fused-ring (bicyclic) bond motifs is 1. The van der Waals surface area contributed by atoms with Crippen molar-refractivity contribution in [3.63, 3.8) is 0 Å². The molecule has 0 saturated heterocycles. The Hall–Kier alpha value is -2.10. The number of rotatable bonds is 4. The van der Waals surface area contributed by atoms with Crippen LogP contribution in [0.3, 0.4) is 0 Å². The van der Waals surface area contributed by atoms with Crippen LogP contribution in [0.2, 0.25) is 0 Å². The largest absolute Gasteiger partial charge is 0.462 e. The van der Waals surface area contributed by atoms with Crippen LogP contribution < -0.4 is 0 Å². The van der Waals surface area contributed by atoms with E-state index in [-0.39, 0.29) is 5.97 Å². The summed E-state index contributed by atoms with van der Waals surface area (Å²) in [6.45, 7) is 2.87. The zero-order valence-corrected chi connectivity index (χ0v) is 11.6. The molecule has 0 saturated carbocycles. The molecule has 0 atom stereocenters. The predicted molar refractivity (Wildman–Crippen MR) is 75.8 cm³/mol. The van der Waals surface area contributed by atoms with Crippen LogP contribution in [-0.2, 0) is 24.1 Å². The third-order valence-corrected chi connectivity index (χ3v) is 3.65. The quantitative estimate of drug-likeness (QED) is 0.802. The summed E-state index contributed by atoms with van der Waals surface area (Å²) in [5.74, 6) is -0.312. The zero-order valence-electron chi connectivity index (χ0n) is 11.6. The average molecular weight is 270 g/mol. The summed E-state index contributed by atoms with van der Waals surface area (Å²) in [4.78, 5) is 11.6. The van der Waals surface area contributed by atoms with Gasteiger partial charge in [0.15, 0.2) is 0 Å². The Morgan fingerprint density at radius 1 is 1.35 bits per heavy atom. The second-order valence-corrected chi connectivity index (χ2v) is 5.10. The molecule has 4 nitrogen and oxygen atoms in total. The van der Waals surface area contributed by atoms with Gasteiger partial charge < -0.3 is 4.74 Å². The van der Waals surface area contributed by atoms with E-state index in [9.17, 15) is 4.79 Å². The molecule has 0 unspecified atom stereocenters. The number of hydrogen-bond donors (Lipinski definition) is 0. The maximum atomic E-state index is 11.6. The number of carbonyl (C=O) groups excluding carboxylic acids is 1. The number of nitrogens with zero attached hydrogens (tertiary/aromatic N) is 2. The fourth-order valence-corrected chi connectivity index (χ4v) is 2.68. The van der Waals surface area contributed by atoms with Crippen LogP contribution in [-0.4, -0.2) is 22.4 Å². The van der Waals surface area contributed by atoms with Gasteiger partial charge in [-0.2, -0.15) is 5.10 Å². The fraction of sp³-hybridized carbons (Fsp3) is 0.375. The maximum absolute atomic E-state index is 11.6. The Balaban J connectivity index is 1.73. The molecule has 0 aliphatic heterocycles. The summed E-state index contributed by atoms with van der Waals surface area (Å²) < 4.78 is 6.74. The lowest BCUT2D eigenvalue weighted by molar-refractivity contribution is 0.0526. The highest BCUT2D eigenvalue weighted by atomic mass is 16.5. The fourth-order valence-electron chi connectivity index (χ4n) is 2.68. The molecule has 0 bridgehead atoms. The van der Waals surface area contributed by atoms with Gasteiger partial charge >= 0.3 is 5.97 Å². The SMILES string of the molecule is CCOC(=O)c1cnn(Cc2ccc3c(c2)CCC3)c1. The summed E-state index contributed by atoms with van der Waals surface area (Å²) in [5.41, 5.74) is 4.67. The van der Waals surface area contributed by atoms with E-state index in [0.29, 0.717) is 18.7 Å². The van der Waals surface area contributed by atoms with Gasteiger partial charge in [0.05, 0.1) is 24.9 Å². The molecule has 2 aromatic rings. The molecule has 104 valence electrons. The maximum Gasteiger partial charge on any atom is 0.341 e. The first-order valence-electron chi connectivity index (χ1n) is 7.06. The molecular formula is C16H18N2O2. The summed E-state index contributed by atoms with van der Waals surface area (Å²) in [7, 11) is 0. The Bertz CT molecular complexity index is 631. The van der Waals surface area contributed by atoms with Gasteiger partial charge in [-0.15, -0.1) is 0 Å². The minimum atomic E-state index is -0.312. The first-order valence-corrected chi connectivity index (χ1v) is 7.06. The second kappa shape index (κ2) is 5.49. The van der Waals surface area contributed by atoms with E-state index in [2.05, 4.69) is 23.3 Å². The van der Waals surface area contributed by atoms with Crippen molar-refractivity contribution in [1.29, 1.82) is 0 Å². The van der Waals surface area contributed by atoms with Crippen LogP contribution in [0.4, 0.5) is 0 Å². The van der Waals surface area contributed by atoms with E-state index in [4.69, 9.17) is 4.74 Å². The van der Waals surface area contributed by atoms with Gasteiger partial charge in [0.1, 0.15) is 0 Å². The van der Waals surface area contributed by atoms with E-state index in [1.807, 2.05) is 0 Å². The molecular weight excluding hydrogens is 252 g/mol. The monoisotopic (exact) mass is 270 g/mol. The van der Waals surface area contributed by atoms with Crippen molar-refractivity contribution in [2.45, 2.75) is 32.7 Å². The van der Waals surface area contributed by atoms with Crippen LogP contribution in [0.25, 0.3) is 0 Å². The lowest BCUT2D eigenvalue weighted by atomic mass is 10.1. The topological polar surface area (TPSA) is 44.1 Å². The van der Waals surface area contributed by atoms with Gasteiger partial charge in [-0.25, -0.2) is 4.79 Å². The van der Waals surface area contributed by atoms with E-state index in [0.717, 1.165) is 0 Å². The number of ether oxygens (including phenoxy) is 1. The smallest absolute Gasteiger partial charge is 0.341 e. The lowest BCUT2D eigenvalue weighted by Gasteiger charge is -2.05. The summed E-state index contributed by atoms with van der Waals surface area (Å²) in [6.07, 6.45) is 6.94. The highest BCUT2D eigenvalue weighted by Gasteiger charge is 2.12. The van der Waals surface area contributed by atoms with E-state index < -0.39 is 0 Å². The van der Waals surface area contributed by atoms with Crippen LogP contribution in [0.15, 0.2) is 30.6 Å². The van der Waals surface area contributed by atoms with Crippen molar-refractivity contribution in [2.24, 2.45) is 0 Å². The van der Waals surface area contributed by atoms with Crippen molar-refractivity contribution < 1.29 is 9.53 Å². The molecule has 0 amide bonds. The van der Waals surface area contributed by atoms with Gasteiger partial charge in [-0.3, -0.25) is 4.68 Å². The number of benzene rings is 1. The van der Waals surface area contributed by atoms with E-state index in [1.165, 1.54) is 36.0 Å². The number of hydrogen-bond acceptors (Lipinski definition) is 3. The normalized spacial score (nSPS) is 13.2. The van der Waals surface area contributed by atoms with E-state index >= 15 is 0 Å². The Morgan fingerprint density at radius 2 is 2.20 bits per heavy atom. The summed E-state index contributed by atoms with van der Waals surface area (Å²) in [5, 5.41) is 4.22. The molecule has 0 radical (unpaired) electrons. The number of aryl methyl sites for hydroxylation is 2. The molecule has 1 aromatic heterocycles. The first kappa shape index (κ1) is 12.9. The van der Waals surface area contributed by atoms with Crippen LogP contribution in [0, 0.1) is 0 Å². The lowest BCUT2D eigenvalue weighted by Crippen LogP contribution is -2.04. The molecule has 1 aliphatic rings. The number of aromatic nitrogens is 2. The van der Waals surface area contributed by atoms with Crippen molar-refractivity contribution in [2.75, 3.05) is 6.61 Å². The molecule has 1 heterocycles. The Labute approximate surface area is 118 Å².